The lowest BCUT2D eigenvalue weighted by molar-refractivity contribution is -0.215. The van der Waals surface area contributed by atoms with E-state index in [1.165, 1.54) is 0 Å². The van der Waals surface area contributed by atoms with E-state index in [4.69, 9.17) is 9.47 Å². The van der Waals surface area contributed by atoms with Crippen LogP contribution in [0.25, 0.3) is 0 Å². The monoisotopic (exact) mass is 211 g/mol. The van der Waals surface area contributed by atoms with Gasteiger partial charge in [-0.15, -0.1) is 0 Å². The number of ether oxygens (including phenoxy) is 2. The molecule has 80 valence electrons. The van der Waals surface area contributed by atoms with E-state index < -0.39 is 12.0 Å². The highest BCUT2D eigenvalue weighted by atomic mass is 16.7. The van der Waals surface area contributed by atoms with Gasteiger partial charge in [-0.2, -0.15) is 0 Å². The molecule has 2 saturated heterocycles. The first-order chi connectivity index (χ1) is 7.26. The minimum atomic E-state index is -1.21. The number of hydrogen-bond acceptors (Lipinski definition) is 7. The molecule has 1 aromatic heterocycles. The Kier molecular flexibility index (Phi) is 1.21. The Hall–Kier alpha value is -1.25. The highest BCUT2D eigenvalue weighted by molar-refractivity contribution is 5.32. The van der Waals surface area contributed by atoms with E-state index in [0.29, 0.717) is 19.0 Å². The molecule has 4 rings (SSSR count). The molecule has 2 fully saturated rings. The second-order valence-corrected chi connectivity index (χ2v) is 4.11. The third-order valence-electron chi connectivity index (χ3n) is 3.18. The van der Waals surface area contributed by atoms with E-state index in [9.17, 15) is 5.11 Å². The molecule has 15 heavy (non-hydrogen) atoms. The Morgan fingerprint density at radius 2 is 2.53 bits per heavy atom. The molecule has 3 aliphatic heterocycles. The third-order valence-corrected chi connectivity index (χ3v) is 3.18. The van der Waals surface area contributed by atoms with Crippen LogP contribution in [0.1, 0.15) is 12.5 Å². The summed E-state index contributed by atoms with van der Waals surface area (Å²) in [6, 6.07) is -0.0556. The summed E-state index contributed by atoms with van der Waals surface area (Å²) in [5, 5.41) is 24.4. The second-order valence-electron chi connectivity index (χ2n) is 4.11. The first-order valence-corrected chi connectivity index (χ1v) is 4.82. The maximum atomic E-state index is 10.3. The number of aromatic nitrogens is 4. The predicted molar refractivity (Wildman–Crippen MR) is 44.7 cm³/mol. The van der Waals surface area contributed by atoms with Gasteiger partial charge >= 0.3 is 0 Å². The molecule has 8 nitrogen and oxygen atoms in total. The van der Waals surface area contributed by atoms with Crippen molar-refractivity contribution in [2.75, 3.05) is 11.9 Å². The number of fused-ring (bicyclic) bond motifs is 8. The van der Waals surface area contributed by atoms with Crippen molar-refractivity contribution in [2.45, 2.75) is 30.6 Å². The van der Waals surface area contributed by atoms with E-state index in [0.717, 1.165) is 0 Å². The van der Waals surface area contributed by atoms with Crippen molar-refractivity contribution < 1.29 is 14.6 Å². The van der Waals surface area contributed by atoms with E-state index in [-0.39, 0.29) is 12.1 Å². The lowest BCUT2D eigenvalue weighted by atomic mass is 9.95. The molecule has 4 atom stereocenters. The summed E-state index contributed by atoms with van der Waals surface area (Å²) in [5.41, 5.74) is -1.21. The van der Waals surface area contributed by atoms with Crippen LogP contribution in [0.3, 0.4) is 0 Å². The first-order valence-electron chi connectivity index (χ1n) is 4.82. The topological polar surface area (TPSA) is 94.3 Å². The molecule has 2 N–H and O–H groups in total. The summed E-state index contributed by atoms with van der Waals surface area (Å²) in [4.78, 5) is 0. The Morgan fingerprint density at radius 1 is 1.60 bits per heavy atom. The third kappa shape index (κ3) is 0.845. The van der Waals surface area contributed by atoms with Crippen LogP contribution in [-0.4, -0.2) is 50.0 Å². The fourth-order valence-electron chi connectivity index (χ4n) is 2.47. The summed E-state index contributed by atoms with van der Waals surface area (Å²) in [6.07, 6.45) is -0.191. The molecule has 4 bridgehead atoms. The van der Waals surface area contributed by atoms with Crippen LogP contribution >= 0.6 is 0 Å². The number of nitrogens with zero attached hydrogens (tertiary/aromatic N) is 4. The summed E-state index contributed by atoms with van der Waals surface area (Å²) in [7, 11) is 0. The molecule has 8 heteroatoms. The Morgan fingerprint density at radius 3 is 3.47 bits per heavy atom. The van der Waals surface area contributed by atoms with Crippen LogP contribution in [0.5, 0.6) is 0 Å². The number of nitrogens with one attached hydrogen (secondary N) is 1. The number of anilines is 1. The highest BCUT2D eigenvalue weighted by Gasteiger charge is 2.57. The van der Waals surface area contributed by atoms with Gasteiger partial charge in [0.25, 0.3) is 0 Å². The smallest absolute Gasteiger partial charge is 0.245 e. The maximum Gasteiger partial charge on any atom is 0.245 e. The van der Waals surface area contributed by atoms with Gasteiger partial charge in [0.15, 0.2) is 5.72 Å². The Labute approximate surface area is 84.2 Å². The van der Waals surface area contributed by atoms with E-state index in [1.54, 1.807) is 4.68 Å². The average Bonchev–Trinajstić information content (AvgIpc) is 2.80. The summed E-state index contributed by atoms with van der Waals surface area (Å²) < 4.78 is 12.6. The fraction of sp³-hybridized carbons (Fsp3) is 0.857. The maximum absolute atomic E-state index is 10.3. The van der Waals surface area contributed by atoms with E-state index >= 15 is 0 Å². The lowest BCUT2D eigenvalue weighted by Gasteiger charge is -2.43. The average molecular weight is 211 g/mol. The zero-order valence-electron chi connectivity index (χ0n) is 7.70. The number of rotatable bonds is 0. The van der Waals surface area contributed by atoms with Gasteiger partial charge in [0.1, 0.15) is 6.10 Å². The van der Waals surface area contributed by atoms with Gasteiger partial charge in [-0.3, -0.25) is 0 Å². The fourth-order valence-corrected chi connectivity index (χ4v) is 2.47. The minimum Gasteiger partial charge on any atom is -0.366 e. The second kappa shape index (κ2) is 2.29. The number of tetrazole rings is 1. The molecule has 4 heterocycles. The van der Waals surface area contributed by atoms with Crippen molar-refractivity contribution in [1.29, 1.82) is 0 Å². The van der Waals surface area contributed by atoms with Crippen molar-refractivity contribution in [2.24, 2.45) is 0 Å². The van der Waals surface area contributed by atoms with Crippen LogP contribution < -0.4 is 5.32 Å². The van der Waals surface area contributed by atoms with Gasteiger partial charge in [0, 0.05) is 6.42 Å². The molecule has 0 aromatic carbocycles. The molecule has 0 radical (unpaired) electrons. The van der Waals surface area contributed by atoms with E-state index in [1.807, 2.05) is 0 Å². The molecular weight excluding hydrogens is 202 g/mol. The van der Waals surface area contributed by atoms with Gasteiger partial charge in [-0.25, -0.2) is 4.68 Å². The van der Waals surface area contributed by atoms with E-state index in [2.05, 4.69) is 20.8 Å². The molecule has 0 unspecified atom stereocenters. The van der Waals surface area contributed by atoms with Crippen molar-refractivity contribution in [3.63, 3.8) is 0 Å². The van der Waals surface area contributed by atoms with Crippen LogP contribution in [0.2, 0.25) is 0 Å². The van der Waals surface area contributed by atoms with Crippen molar-refractivity contribution in [3.8, 4) is 0 Å². The Balaban J connectivity index is 1.89. The molecular formula is C7H9N5O3. The van der Waals surface area contributed by atoms with Gasteiger partial charge in [0.2, 0.25) is 12.2 Å². The predicted octanol–water partition coefficient (Wildman–Crippen LogP) is -1.53. The van der Waals surface area contributed by atoms with Crippen LogP contribution in [-0.2, 0) is 9.47 Å². The zero-order chi connectivity index (χ0) is 10.0. The summed E-state index contributed by atoms with van der Waals surface area (Å²) >= 11 is 0. The van der Waals surface area contributed by atoms with Crippen LogP contribution in [0.15, 0.2) is 0 Å². The molecule has 3 aliphatic rings. The molecule has 0 aliphatic carbocycles. The first kappa shape index (κ1) is 7.97. The Bertz CT molecular complexity index is 423. The zero-order valence-corrected chi connectivity index (χ0v) is 7.70. The minimum absolute atomic E-state index is 0.0556. The van der Waals surface area contributed by atoms with Crippen LogP contribution in [0.4, 0.5) is 5.95 Å². The quantitative estimate of drug-likeness (QED) is 0.537. The summed E-state index contributed by atoms with van der Waals surface area (Å²) in [5.74, 6) is 0.470. The normalized spacial score (nSPS) is 46.1. The number of hydrogen-bond donors (Lipinski definition) is 2. The van der Waals surface area contributed by atoms with Crippen molar-refractivity contribution >= 4 is 5.95 Å². The van der Waals surface area contributed by atoms with Crippen molar-refractivity contribution in [3.05, 3.63) is 0 Å². The van der Waals surface area contributed by atoms with Gasteiger partial charge < -0.3 is 19.9 Å². The summed E-state index contributed by atoms with van der Waals surface area (Å²) in [6.45, 7) is 0.471. The van der Waals surface area contributed by atoms with Gasteiger partial charge in [-0.1, -0.05) is 5.10 Å². The number of aliphatic hydroxyl groups is 1. The molecule has 0 amide bonds. The van der Waals surface area contributed by atoms with Gasteiger partial charge in [-0.05, 0) is 10.4 Å². The van der Waals surface area contributed by atoms with Crippen LogP contribution in [0, 0.1) is 0 Å². The molecule has 0 saturated carbocycles. The molecule has 0 spiro atoms. The highest BCUT2D eigenvalue weighted by Crippen LogP contribution is 2.44. The lowest BCUT2D eigenvalue weighted by Crippen LogP contribution is -2.58. The SMILES string of the molecule is O[C@]12C[C@@H]([C@@H]3CO[C@@H]1O3)n1nnnc1N2. The largest absolute Gasteiger partial charge is 0.366 e. The van der Waals surface area contributed by atoms with Gasteiger partial charge in [0.05, 0.1) is 12.6 Å². The standard InChI is InChI=1S/C7H9N5O3/c13-7-1-3(4-2-14-5(7)15-4)12-6(8-7)9-10-11-12/h3-5,13H,1-2H2,(H,8,9,11)/t3-,4-,5+,7+/m0/s1. The molecule has 1 aromatic rings. The van der Waals surface area contributed by atoms with Crippen molar-refractivity contribution in [1.82, 2.24) is 20.2 Å².